The van der Waals surface area contributed by atoms with Crippen LogP contribution in [0.4, 0.5) is 10.1 Å². The molecule has 2 aromatic heterocycles. The van der Waals surface area contributed by atoms with Gasteiger partial charge in [0.2, 0.25) is 0 Å². The number of aliphatic imine (C=N–C) groups is 1. The SMILES string of the molecule is O=C1NC(=Nc2cc(F)ccc2Cl)S/C1=C\c1ccc2nccc(-c3cccs3)c2c1. The fourth-order valence-electron chi connectivity index (χ4n) is 3.21. The van der Waals surface area contributed by atoms with Crippen LogP contribution in [0.25, 0.3) is 27.4 Å². The number of fused-ring (bicyclic) bond motifs is 1. The molecule has 2 aromatic carbocycles. The molecule has 4 aromatic rings. The van der Waals surface area contributed by atoms with E-state index in [1.54, 1.807) is 23.6 Å². The second-order valence-corrected chi connectivity index (χ2v) is 9.08. The van der Waals surface area contributed by atoms with Crippen molar-refractivity contribution in [3.63, 3.8) is 0 Å². The standard InChI is InChI=1S/C23H13ClFN3OS2/c24-17-5-4-14(25)12-19(17)27-23-28-22(29)21(31-23)11-13-3-6-18-16(10-13)15(7-8-26-18)20-2-1-9-30-20/h1-12H,(H,27,28,29)/b21-11-. The summed E-state index contributed by atoms with van der Waals surface area (Å²) in [7, 11) is 0. The number of hydrogen-bond donors (Lipinski definition) is 1. The van der Waals surface area contributed by atoms with Gasteiger partial charge in [0.25, 0.3) is 5.91 Å². The van der Waals surface area contributed by atoms with Crippen LogP contribution in [0.1, 0.15) is 5.56 Å². The number of aromatic nitrogens is 1. The number of carbonyl (C=O) groups is 1. The van der Waals surface area contributed by atoms with Gasteiger partial charge in [0.15, 0.2) is 5.17 Å². The van der Waals surface area contributed by atoms with Gasteiger partial charge in [-0.05, 0) is 65.2 Å². The number of rotatable bonds is 3. The lowest BCUT2D eigenvalue weighted by molar-refractivity contribution is -0.115. The number of amidine groups is 1. The van der Waals surface area contributed by atoms with Crippen LogP contribution in [-0.4, -0.2) is 16.1 Å². The summed E-state index contributed by atoms with van der Waals surface area (Å²) in [4.78, 5) is 22.8. The van der Waals surface area contributed by atoms with Crippen LogP contribution in [-0.2, 0) is 4.79 Å². The molecular weight excluding hydrogens is 453 g/mol. The molecule has 0 spiro atoms. The Morgan fingerprint density at radius 3 is 2.87 bits per heavy atom. The van der Waals surface area contributed by atoms with Crippen LogP contribution in [0, 0.1) is 5.82 Å². The molecule has 31 heavy (non-hydrogen) atoms. The molecule has 0 radical (unpaired) electrons. The summed E-state index contributed by atoms with van der Waals surface area (Å²) in [6.45, 7) is 0. The highest BCUT2D eigenvalue weighted by atomic mass is 35.5. The third-order valence-electron chi connectivity index (χ3n) is 4.63. The highest BCUT2D eigenvalue weighted by molar-refractivity contribution is 8.18. The predicted octanol–water partition coefficient (Wildman–Crippen LogP) is 6.65. The van der Waals surface area contributed by atoms with E-state index < -0.39 is 5.82 Å². The van der Waals surface area contributed by atoms with Gasteiger partial charge in [-0.3, -0.25) is 9.78 Å². The van der Waals surface area contributed by atoms with Gasteiger partial charge >= 0.3 is 0 Å². The number of halogens is 2. The van der Waals surface area contributed by atoms with Crippen LogP contribution in [0.3, 0.4) is 0 Å². The monoisotopic (exact) mass is 465 g/mol. The van der Waals surface area contributed by atoms with Crippen molar-refractivity contribution in [2.45, 2.75) is 0 Å². The van der Waals surface area contributed by atoms with Crippen LogP contribution in [0.2, 0.25) is 5.02 Å². The minimum Gasteiger partial charge on any atom is -0.300 e. The largest absolute Gasteiger partial charge is 0.300 e. The molecule has 1 aliphatic rings. The number of pyridine rings is 1. The second-order valence-electron chi connectivity index (χ2n) is 6.69. The van der Waals surface area contributed by atoms with Gasteiger partial charge in [-0.1, -0.05) is 23.7 Å². The minimum atomic E-state index is -0.444. The lowest BCUT2D eigenvalue weighted by atomic mass is 10.0. The molecule has 1 N–H and O–H groups in total. The lowest BCUT2D eigenvalue weighted by Gasteiger charge is -2.05. The Kier molecular flexibility index (Phi) is 5.31. The third-order valence-corrected chi connectivity index (χ3v) is 6.76. The Morgan fingerprint density at radius 1 is 1.13 bits per heavy atom. The van der Waals surface area contributed by atoms with Gasteiger partial charge < -0.3 is 5.32 Å². The first-order valence-corrected chi connectivity index (χ1v) is 11.3. The highest BCUT2D eigenvalue weighted by Gasteiger charge is 2.24. The molecule has 1 aliphatic heterocycles. The Morgan fingerprint density at radius 2 is 2.03 bits per heavy atom. The van der Waals surface area contributed by atoms with Crippen LogP contribution < -0.4 is 5.32 Å². The van der Waals surface area contributed by atoms with Gasteiger partial charge in [0, 0.05) is 28.1 Å². The summed E-state index contributed by atoms with van der Waals surface area (Å²) >= 11 is 8.93. The number of hydrogen-bond acceptors (Lipinski definition) is 5. The number of benzene rings is 2. The highest BCUT2D eigenvalue weighted by Crippen LogP contribution is 2.34. The maximum absolute atomic E-state index is 13.5. The quantitative estimate of drug-likeness (QED) is 0.345. The zero-order valence-electron chi connectivity index (χ0n) is 15.8. The molecule has 1 fully saturated rings. The van der Waals surface area contributed by atoms with Crippen molar-refractivity contribution in [1.82, 2.24) is 10.3 Å². The van der Waals surface area contributed by atoms with E-state index in [1.165, 1.54) is 30.0 Å². The van der Waals surface area contributed by atoms with E-state index in [9.17, 15) is 9.18 Å². The molecule has 1 saturated heterocycles. The molecular formula is C23H13ClFN3OS2. The van der Waals surface area contributed by atoms with Crippen molar-refractivity contribution < 1.29 is 9.18 Å². The van der Waals surface area contributed by atoms with Gasteiger partial charge in [0.05, 0.1) is 21.1 Å². The Labute approximate surface area is 190 Å². The number of thioether (sulfide) groups is 1. The summed E-state index contributed by atoms with van der Waals surface area (Å²) in [5.74, 6) is -0.707. The van der Waals surface area contributed by atoms with Crippen molar-refractivity contribution in [3.05, 3.63) is 87.5 Å². The average molecular weight is 466 g/mol. The Bertz CT molecular complexity index is 1380. The van der Waals surface area contributed by atoms with E-state index in [1.807, 2.05) is 35.7 Å². The topological polar surface area (TPSA) is 54.4 Å². The second kappa shape index (κ2) is 8.26. The first-order valence-electron chi connectivity index (χ1n) is 9.24. The van der Waals surface area contributed by atoms with Gasteiger partial charge in [-0.25, -0.2) is 9.38 Å². The first-order chi connectivity index (χ1) is 15.1. The zero-order valence-corrected chi connectivity index (χ0v) is 18.2. The summed E-state index contributed by atoms with van der Waals surface area (Å²) < 4.78 is 13.5. The number of nitrogens with one attached hydrogen (secondary N) is 1. The molecule has 3 heterocycles. The average Bonchev–Trinajstić information content (AvgIpc) is 3.41. The van der Waals surface area contributed by atoms with Gasteiger partial charge in [-0.2, -0.15) is 0 Å². The third kappa shape index (κ3) is 4.12. The summed E-state index contributed by atoms with van der Waals surface area (Å²) in [5.41, 5.74) is 3.13. The number of nitrogens with zero attached hydrogens (tertiary/aromatic N) is 2. The number of thiophene rings is 1. The molecule has 5 rings (SSSR count). The lowest BCUT2D eigenvalue weighted by Crippen LogP contribution is -2.19. The molecule has 152 valence electrons. The van der Waals surface area contributed by atoms with E-state index in [0.717, 1.165) is 26.9 Å². The van der Waals surface area contributed by atoms with E-state index in [0.29, 0.717) is 15.1 Å². The first kappa shape index (κ1) is 19.9. The van der Waals surface area contributed by atoms with Crippen molar-refractivity contribution in [3.8, 4) is 10.4 Å². The van der Waals surface area contributed by atoms with Crippen LogP contribution >= 0.6 is 34.7 Å². The maximum Gasteiger partial charge on any atom is 0.264 e. The molecule has 8 heteroatoms. The van der Waals surface area contributed by atoms with E-state index in [4.69, 9.17) is 11.6 Å². The molecule has 0 bridgehead atoms. The van der Waals surface area contributed by atoms with Gasteiger partial charge in [0.1, 0.15) is 5.82 Å². The summed E-state index contributed by atoms with van der Waals surface area (Å²) in [6, 6.07) is 15.9. The predicted molar refractivity (Wildman–Crippen MR) is 127 cm³/mol. The maximum atomic E-state index is 13.5. The minimum absolute atomic E-state index is 0.263. The van der Waals surface area contributed by atoms with Crippen molar-refractivity contribution >= 4 is 68.4 Å². The zero-order chi connectivity index (χ0) is 21.4. The Balaban J connectivity index is 1.49. The summed E-state index contributed by atoms with van der Waals surface area (Å²) in [6.07, 6.45) is 3.61. The van der Waals surface area contributed by atoms with Crippen molar-refractivity contribution in [2.75, 3.05) is 0 Å². The van der Waals surface area contributed by atoms with E-state index >= 15 is 0 Å². The molecule has 0 saturated carbocycles. The van der Waals surface area contributed by atoms with E-state index in [-0.39, 0.29) is 11.6 Å². The molecule has 1 amide bonds. The number of carbonyl (C=O) groups excluding carboxylic acids is 1. The van der Waals surface area contributed by atoms with Gasteiger partial charge in [-0.15, -0.1) is 11.3 Å². The normalized spacial score (nSPS) is 16.4. The van der Waals surface area contributed by atoms with Crippen LogP contribution in [0.15, 0.2) is 76.1 Å². The molecule has 0 atom stereocenters. The number of amides is 1. The smallest absolute Gasteiger partial charge is 0.264 e. The fraction of sp³-hybridized carbons (Fsp3) is 0. The van der Waals surface area contributed by atoms with Crippen molar-refractivity contribution in [1.29, 1.82) is 0 Å². The van der Waals surface area contributed by atoms with E-state index in [2.05, 4.69) is 21.4 Å². The molecule has 4 nitrogen and oxygen atoms in total. The van der Waals surface area contributed by atoms with Crippen molar-refractivity contribution in [2.24, 2.45) is 4.99 Å². The Hall–Kier alpha value is -3.00. The molecule has 0 aliphatic carbocycles. The molecule has 0 unspecified atom stereocenters. The summed E-state index contributed by atoms with van der Waals surface area (Å²) in [5, 5.41) is 6.42. The van der Waals surface area contributed by atoms with Crippen LogP contribution in [0.5, 0.6) is 0 Å². The fourth-order valence-corrected chi connectivity index (χ4v) is 4.97.